The van der Waals surface area contributed by atoms with Crippen molar-refractivity contribution in [2.45, 2.75) is 96.6 Å². The molecule has 7 nitrogen and oxygen atoms in total. The monoisotopic (exact) mass is 524 g/mol. The molecule has 4 heterocycles. The molecule has 0 bridgehead atoms. The van der Waals surface area contributed by atoms with E-state index < -0.39 is 0 Å². The van der Waals surface area contributed by atoms with E-state index in [1.54, 1.807) is 6.07 Å². The van der Waals surface area contributed by atoms with Crippen LogP contribution in [0.4, 0.5) is 0 Å². The molecule has 2 atom stereocenters. The highest BCUT2D eigenvalue weighted by Gasteiger charge is 2.34. The van der Waals surface area contributed by atoms with Crippen LogP contribution in [0.25, 0.3) is 11.0 Å². The Morgan fingerprint density at radius 3 is 2.82 bits per heavy atom. The van der Waals surface area contributed by atoms with Crippen LogP contribution in [0, 0.1) is 5.92 Å². The predicted molar refractivity (Wildman–Crippen MR) is 149 cm³/mol. The van der Waals surface area contributed by atoms with E-state index >= 15 is 0 Å². The summed E-state index contributed by atoms with van der Waals surface area (Å²) in [7, 11) is 1.90. The Kier molecular flexibility index (Phi) is 8.03. The average Bonchev–Trinajstić information content (AvgIpc) is 2.89. The maximum Gasteiger partial charge on any atom is 0.336 e. The number of likely N-dealkylation sites (N-methyl/N-ethyl adjacent to an activating group) is 1. The Hall–Kier alpha value is -2.54. The maximum atomic E-state index is 13.3. The molecule has 2 fully saturated rings. The summed E-state index contributed by atoms with van der Waals surface area (Å²) in [5.74, 6) is 1.73. The Morgan fingerprint density at radius 1 is 1.18 bits per heavy atom. The van der Waals surface area contributed by atoms with Gasteiger partial charge in [-0.2, -0.15) is 0 Å². The third kappa shape index (κ3) is 5.73. The minimum absolute atomic E-state index is 0.0301. The zero-order valence-electron chi connectivity index (χ0n) is 23.6. The van der Waals surface area contributed by atoms with Gasteiger partial charge in [0, 0.05) is 37.3 Å². The molecule has 0 unspecified atom stereocenters. The number of benzene rings is 1. The van der Waals surface area contributed by atoms with Crippen molar-refractivity contribution in [1.29, 1.82) is 0 Å². The molecule has 1 aromatic heterocycles. The number of carbonyl (C=O) groups is 1. The predicted octanol–water partition coefficient (Wildman–Crippen LogP) is 5.34. The Labute approximate surface area is 226 Å². The zero-order chi connectivity index (χ0) is 26.9. The second-order valence-corrected chi connectivity index (χ2v) is 12.2. The summed E-state index contributed by atoms with van der Waals surface area (Å²) in [6.07, 6.45) is 10.6. The SMILES string of the molecule is CCCCc1cc(=O)oc2c3c(cc(OCC(=O)N(C)C[C@@H]4CCCN5CCCC[C@H]45)c12)OC(C)(C)CC3. The lowest BCUT2D eigenvalue weighted by molar-refractivity contribution is -0.133. The van der Waals surface area contributed by atoms with Crippen LogP contribution in [-0.4, -0.2) is 60.6 Å². The van der Waals surface area contributed by atoms with Crippen LogP contribution >= 0.6 is 0 Å². The van der Waals surface area contributed by atoms with Gasteiger partial charge in [0.2, 0.25) is 0 Å². The molecule has 0 saturated carbocycles. The van der Waals surface area contributed by atoms with E-state index in [-0.39, 0.29) is 23.7 Å². The molecule has 7 heteroatoms. The van der Waals surface area contributed by atoms with Crippen molar-refractivity contribution in [3.05, 3.63) is 33.7 Å². The number of hydrogen-bond acceptors (Lipinski definition) is 6. The van der Waals surface area contributed by atoms with E-state index in [0.29, 0.717) is 29.0 Å². The molecule has 3 aliphatic rings. The van der Waals surface area contributed by atoms with Crippen LogP contribution in [0.3, 0.4) is 0 Å². The number of fused-ring (bicyclic) bond motifs is 4. The van der Waals surface area contributed by atoms with Crippen LogP contribution < -0.4 is 15.1 Å². The number of hydrogen-bond donors (Lipinski definition) is 0. The Balaban J connectivity index is 1.38. The van der Waals surface area contributed by atoms with Crippen molar-refractivity contribution in [2.75, 3.05) is 33.3 Å². The van der Waals surface area contributed by atoms with E-state index in [4.69, 9.17) is 13.9 Å². The third-order valence-corrected chi connectivity index (χ3v) is 8.80. The first-order chi connectivity index (χ1) is 18.3. The van der Waals surface area contributed by atoms with Crippen LogP contribution in [0.5, 0.6) is 11.5 Å². The van der Waals surface area contributed by atoms with E-state index in [0.717, 1.165) is 55.2 Å². The van der Waals surface area contributed by atoms with Crippen LogP contribution in [0.2, 0.25) is 0 Å². The van der Waals surface area contributed by atoms with Gasteiger partial charge in [0.15, 0.2) is 6.61 Å². The lowest BCUT2D eigenvalue weighted by Crippen LogP contribution is -2.51. The van der Waals surface area contributed by atoms with Gasteiger partial charge in [0.05, 0.1) is 5.39 Å². The van der Waals surface area contributed by atoms with Gasteiger partial charge in [-0.25, -0.2) is 4.79 Å². The zero-order valence-corrected chi connectivity index (χ0v) is 23.6. The van der Waals surface area contributed by atoms with Crippen LogP contribution in [0.1, 0.15) is 83.3 Å². The number of nitrogens with zero attached hydrogens (tertiary/aromatic N) is 2. The number of aryl methyl sites for hydroxylation is 2. The summed E-state index contributed by atoms with van der Waals surface area (Å²) in [6.45, 7) is 9.36. The standard InChI is InChI=1S/C31H44N2O5/c1-5-6-10-21-17-28(35)37-30-23-13-14-31(2,3)38-25(23)18-26(29(21)30)36-20-27(34)32(4)19-22-11-9-16-33-15-8-7-12-24(22)33/h17-18,22,24H,5-16,19-20H2,1-4H3/t22-,24+/m0/s1. The van der Waals surface area contributed by atoms with Crippen molar-refractivity contribution in [3.8, 4) is 11.5 Å². The highest BCUT2D eigenvalue weighted by molar-refractivity contribution is 5.92. The molecule has 0 spiro atoms. The van der Waals surface area contributed by atoms with E-state index in [2.05, 4.69) is 25.7 Å². The van der Waals surface area contributed by atoms with Crippen molar-refractivity contribution in [1.82, 2.24) is 9.80 Å². The molecule has 2 aromatic rings. The lowest BCUT2D eigenvalue weighted by atomic mass is 9.83. The molecule has 2 saturated heterocycles. The second kappa shape index (κ2) is 11.3. The molecule has 208 valence electrons. The number of carbonyl (C=O) groups excluding carboxylic acids is 1. The van der Waals surface area contributed by atoms with Gasteiger partial charge in [0.25, 0.3) is 5.91 Å². The Bertz CT molecular complexity index is 1220. The van der Waals surface area contributed by atoms with Gasteiger partial charge in [-0.15, -0.1) is 0 Å². The minimum atomic E-state index is -0.354. The first-order valence-electron chi connectivity index (χ1n) is 14.7. The van der Waals surface area contributed by atoms with Crippen molar-refractivity contribution < 1.29 is 18.7 Å². The fourth-order valence-electron chi connectivity index (χ4n) is 6.69. The highest BCUT2D eigenvalue weighted by atomic mass is 16.5. The summed E-state index contributed by atoms with van der Waals surface area (Å²) in [5, 5.41) is 0.806. The van der Waals surface area contributed by atoms with Gasteiger partial charge >= 0.3 is 5.63 Å². The first kappa shape index (κ1) is 27.0. The van der Waals surface area contributed by atoms with Crippen molar-refractivity contribution in [3.63, 3.8) is 0 Å². The van der Waals surface area contributed by atoms with E-state index in [1.165, 1.54) is 45.2 Å². The molecule has 1 amide bonds. The topological polar surface area (TPSA) is 72.2 Å². The lowest BCUT2D eigenvalue weighted by Gasteiger charge is -2.45. The maximum absolute atomic E-state index is 13.3. The highest BCUT2D eigenvalue weighted by Crippen LogP contribution is 2.43. The number of amides is 1. The van der Waals surface area contributed by atoms with Gasteiger partial charge in [-0.1, -0.05) is 19.8 Å². The number of ether oxygens (including phenoxy) is 2. The minimum Gasteiger partial charge on any atom is -0.487 e. The summed E-state index contributed by atoms with van der Waals surface area (Å²) in [4.78, 5) is 30.3. The average molecular weight is 525 g/mol. The largest absolute Gasteiger partial charge is 0.487 e. The molecule has 0 radical (unpaired) electrons. The van der Waals surface area contributed by atoms with Gasteiger partial charge in [0.1, 0.15) is 22.7 Å². The normalized spacial score (nSPS) is 22.8. The molecule has 0 N–H and O–H groups in total. The van der Waals surface area contributed by atoms with Crippen molar-refractivity contribution >= 4 is 16.9 Å². The smallest absolute Gasteiger partial charge is 0.336 e. The number of piperidine rings is 2. The summed E-state index contributed by atoms with van der Waals surface area (Å²) >= 11 is 0. The van der Waals surface area contributed by atoms with Crippen LogP contribution in [0.15, 0.2) is 21.3 Å². The molecular formula is C31H44N2O5. The quantitative estimate of drug-likeness (QED) is 0.434. The fraction of sp³-hybridized carbons (Fsp3) is 0.677. The van der Waals surface area contributed by atoms with Crippen LogP contribution in [-0.2, 0) is 17.6 Å². The molecule has 1 aromatic carbocycles. The summed E-state index contributed by atoms with van der Waals surface area (Å²) in [6, 6.07) is 4.09. The summed E-state index contributed by atoms with van der Waals surface area (Å²) < 4.78 is 18.3. The van der Waals surface area contributed by atoms with E-state index in [9.17, 15) is 9.59 Å². The van der Waals surface area contributed by atoms with Gasteiger partial charge in [-0.3, -0.25) is 4.79 Å². The summed E-state index contributed by atoms with van der Waals surface area (Å²) in [5.41, 5.74) is 1.71. The third-order valence-electron chi connectivity index (χ3n) is 8.80. The molecule has 3 aliphatic heterocycles. The van der Waals surface area contributed by atoms with Crippen molar-refractivity contribution in [2.24, 2.45) is 5.92 Å². The molecule has 0 aliphatic carbocycles. The van der Waals surface area contributed by atoms with E-state index in [1.807, 2.05) is 18.0 Å². The number of rotatable bonds is 8. The second-order valence-electron chi connectivity index (χ2n) is 12.2. The fourth-order valence-corrected chi connectivity index (χ4v) is 6.69. The molecular weight excluding hydrogens is 480 g/mol. The van der Waals surface area contributed by atoms with Gasteiger partial charge in [-0.05, 0) is 89.8 Å². The molecule has 5 rings (SSSR count). The first-order valence-corrected chi connectivity index (χ1v) is 14.7. The molecule has 38 heavy (non-hydrogen) atoms. The Morgan fingerprint density at radius 2 is 2.00 bits per heavy atom. The van der Waals surface area contributed by atoms with Gasteiger partial charge < -0.3 is 23.7 Å². The number of unbranched alkanes of at least 4 members (excludes halogenated alkanes) is 1.